The molecule has 0 spiro atoms. The van der Waals surface area contributed by atoms with Crippen LogP contribution in [0.2, 0.25) is 0 Å². The van der Waals surface area contributed by atoms with Crippen LogP contribution in [-0.2, 0) is 49.5 Å². The third-order valence-electron chi connectivity index (χ3n) is 3.41. The topological polar surface area (TPSA) is 147 Å². The van der Waals surface area contributed by atoms with Crippen molar-refractivity contribution in [2.75, 3.05) is 33.3 Å². The zero-order chi connectivity index (χ0) is 26.5. The van der Waals surface area contributed by atoms with E-state index < -0.39 is 77.4 Å². The molecule has 22 heteroatoms. The summed E-state index contributed by atoms with van der Waals surface area (Å²) in [7, 11) is -22.5. The van der Waals surface area contributed by atoms with Crippen LogP contribution >= 0.6 is 0 Å². The van der Waals surface area contributed by atoms with Gasteiger partial charge in [-0.2, -0.15) is 43.4 Å². The molecule has 0 N–H and O–H groups in total. The average molecular weight is 580 g/mol. The van der Waals surface area contributed by atoms with Crippen LogP contribution in [0.25, 0.3) is 0 Å². The molecule has 0 fully saturated rings. The van der Waals surface area contributed by atoms with Gasteiger partial charge in [-0.3, -0.25) is 0 Å². The van der Waals surface area contributed by atoms with E-state index in [-0.39, 0.29) is 0 Å². The molecule has 3 atom stereocenters. The van der Waals surface area contributed by atoms with Crippen molar-refractivity contribution in [1.29, 1.82) is 0 Å². The van der Waals surface area contributed by atoms with Crippen molar-refractivity contribution in [2.24, 2.45) is 11.3 Å². The smallest absolute Gasteiger partial charge is 0.224 e. The van der Waals surface area contributed by atoms with E-state index >= 15 is 0 Å². The summed E-state index contributed by atoms with van der Waals surface area (Å²) in [6, 6.07) is 0. The van der Waals surface area contributed by atoms with Gasteiger partial charge >= 0.3 is 31.0 Å². The van der Waals surface area contributed by atoms with E-state index in [4.69, 9.17) is 0 Å². The van der Waals surface area contributed by atoms with Crippen LogP contribution in [-0.4, -0.2) is 74.0 Å². The fourth-order valence-electron chi connectivity index (χ4n) is 1.95. The highest BCUT2D eigenvalue weighted by atomic mass is 32.3. The highest BCUT2D eigenvalue weighted by Crippen LogP contribution is 2.31. The van der Waals surface area contributed by atoms with E-state index in [9.17, 15) is 47.4 Å². The Morgan fingerprint density at radius 2 is 1.03 bits per heavy atom. The van der Waals surface area contributed by atoms with Gasteiger partial charge in [-0.05, 0) is 0 Å². The molecule has 0 saturated heterocycles. The third kappa shape index (κ3) is 7.60. The Labute approximate surface area is 188 Å². The highest BCUT2D eigenvalue weighted by Gasteiger charge is 2.49. The van der Waals surface area contributed by atoms with E-state index in [1.807, 2.05) is 0 Å². The average Bonchev–Trinajstić information content (AvgIpc) is 2.60. The van der Waals surface area contributed by atoms with Gasteiger partial charge in [0, 0.05) is 26.2 Å². The first-order chi connectivity index (χ1) is 14.7. The van der Waals surface area contributed by atoms with Gasteiger partial charge in [-0.15, -0.1) is 4.33 Å². The fraction of sp³-hybridized carbons (Fsp3) is 1.00. The van der Waals surface area contributed by atoms with E-state index in [1.54, 1.807) is 0 Å². The van der Waals surface area contributed by atoms with Crippen LogP contribution in [0, 0.1) is 0 Å². The molecule has 0 bridgehead atoms. The van der Waals surface area contributed by atoms with Gasteiger partial charge in [0.25, 0.3) is 0 Å². The second-order valence-electron chi connectivity index (χ2n) is 5.47. The molecule has 200 valence electrons. The molecule has 12 nitrogen and oxygen atoms in total. The maximum atomic E-state index is 13.4. The Morgan fingerprint density at radius 1 is 0.667 bits per heavy atom. The summed E-state index contributed by atoms with van der Waals surface area (Å²) < 4.78 is 153. The molecule has 33 heavy (non-hydrogen) atoms. The van der Waals surface area contributed by atoms with Crippen molar-refractivity contribution in [3.63, 3.8) is 0 Å². The molecule has 0 aromatic carbocycles. The first kappa shape index (κ1) is 32.2. The predicted molar refractivity (Wildman–Crippen MR) is 107 cm³/mol. The Bertz CT molecular complexity index is 1140. The van der Waals surface area contributed by atoms with E-state index in [1.165, 1.54) is 27.7 Å². The lowest BCUT2D eigenvalue weighted by molar-refractivity contribution is -0.184. The number of hydrogen-bond donors (Lipinski definition) is 0. The summed E-state index contributed by atoms with van der Waals surface area (Å²) in [5.41, 5.74) is -11.9. The van der Waals surface area contributed by atoms with Gasteiger partial charge in [-0.1, -0.05) is 39.0 Å². The van der Waals surface area contributed by atoms with Crippen LogP contribution in [0.3, 0.4) is 0 Å². The van der Waals surface area contributed by atoms with Gasteiger partial charge in [0.15, 0.2) is 0 Å². The molecule has 0 saturated carbocycles. The van der Waals surface area contributed by atoms with Crippen LogP contribution < -0.4 is 0 Å². The lowest BCUT2D eigenvalue weighted by Gasteiger charge is -2.24. The standard InChI is InChI=1S/C11H23F6N5O7S4/c1-6-21(7-2)32(26,18-30(23,24)10(12,13)14)20-33(27,22(8-3)9-4)19-31(25,29-28-5)11(15,16)17/h6-9H2,1-5H3. The molecular formula is C11H23F6N5O7S4. The zero-order valence-corrected chi connectivity index (χ0v) is 21.1. The maximum absolute atomic E-state index is 13.4. The predicted octanol–water partition coefficient (Wildman–Crippen LogP) is 2.60. The second-order valence-corrected chi connectivity index (χ2v) is 13.1. The van der Waals surface area contributed by atoms with Crippen molar-refractivity contribution in [1.82, 2.24) is 8.61 Å². The molecule has 0 rings (SSSR count). The van der Waals surface area contributed by atoms with Crippen molar-refractivity contribution >= 4 is 40.2 Å². The van der Waals surface area contributed by atoms with Crippen LogP contribution in [0.5, 0.6) is 0 Å². The Hall–Kier alpha value is -0.780. The van der Waals surface area contributed by atoms with Crippen molar-refractivity contribution in [3.05, 3.63) is 0 Å². The summed E-state index contributed by atoms with van der Waals surface area (Å²) in [6.45, 7) is 2.83. The van der Waals surface area contributed by atoms with Crippen molar-refractivity contribution in [2.45, 2.75) is 38.7 Å². The molecule has 0 heterocycles. The van der Waals surface area contributed by atoms with Gasteiger partial charge in [0.1, 0.15) is 0 Å². The van der Waals surface area contributed by atoms with Crippen LogP contribution in [0.15, 0.2) is 11.3 Å². The lowest BCUT2D eigenvalue weighted by atomic mass is 10.7. The quantitative estimate of drug-likeness (QED) is 0.208. The highest BCUT2D eigenvalue weighted by molar-refractivity contribution is 8.08. The molecule has 0 aliphatic carbocycles. The normalized spacial score (nSPS) is 18.9. The van der Waals surface area contributed by atoms with E-state index in [2.05, 4.69) is 20.5 Å². The number of halogens is 6. The minimum absolute atomic E-state index is 0.404. The molecule has 0 radical (unpaired) electrons. The van der Waals surface area contributed by atoms with Gasteiger partial charge in [0.2, 0.25) is 20.2 Å². The lowest BCUT2D eigenvalue weighted by Crippen LogP contribution is -2.37. The van der Waals surface area contributed by atoms with Crippen LogP contribution in [0.1, 0.15) is 27.7 Å². The number of sulfonamides is 1. The van der Waals surface area contributed by atoms with Gasteiger partial charge in [0.05, 0.1) is 7.11 Å². The largest absolute Gasteiger partial charge is 0.519 e. The van der Waals surface area contributed by atoms with Gasteiger partial charge in [-0.25, -0.2) is 17.5 Å². The molecule has 0 aromatic rings. The van der Waals surface area contributed by atoms with Crippen molar-refractivity contribution in [3.8, 4) is 0 Å². The van der Waals surface area contributed by atoms with Crippen molar-refractivity contribution < 1.29 is 56.6 Å². The molecule has 0 amide bonds. The summed E-state index contributed by atoms with van der Waals surface area (Å²) in [4.78, 5) is 3.75. The number of hydrogen-bond acceptors (Lipinski definition) is 7. The summed E-state index contributed by atoms with van der Waals surface area (Å²) >= 11 is 0. The number of nitrogens with zero attached hydrogens (tertiary/aromatic N) is 5. The SMILES string of the molecule is CCN(CC)S(=O)(=NS(=O)(=O)C(F)(F)F)N=S(=O)(N=S(=O)(OOC)C(F)(F)F)N(CC)CC. The first-order valence-electron chi connectivity index (χ1n) is 8.67. The minimum Gasteiger partial charge on any atom is -0.224 e. The second kappa shape index (κ2) is 11.3. The maximum Gasteiger partial charge on any atom is 0.519 e. The van der Waals surface area contributed by atoms with E-state index in [0.29, 0.717) is 15.7 Å². The molecule has 3 unspecified atom stereocenters. The zero-order valence-electron chi connectivity index (χ0n) is 17.8. The Balaban J connectivity index is 7.98. The first-order valence-corrected chi connectivity index (χ1v) is 14.4. The number of rotatable bonds is 11. The summed E-state index contributed by atoms with van der Waals surface area (Å²) in [5, 5.41) is 0. The Kier molecular flexibility index (Phi) is 11.0. The molecule has 0 aromatic heterocycles. The number of alkyl halides is 6. The summed E-state index contributed by atoms with van der Waals surface area (Å²) in [5.74, 6) is 0. The van der Waals surface area contributed by atoms with E-state index in [0.717, 1.165) is 0 Å². The summed E-state index contributed by atoms with van der Waals surface area (Å²) in [6.07, 6.45) is 0. The van der Waals surface area contributed by atoms with Crippen LogP contribution in [0.4, 0.5) is 26.3 Å². The monoisotopic (exact) mass is 579 g/mol. The molecular weight excluding hydrogens is 556 g/mol. The fourth-order valence-corrected chi connectivity index (χ4v) is 9.60. The minimum atomic E-state index is -6.54. The van der Waals surface area contributed by atoms with Gasteiger partial charge < -0.3 is 0 Å². The third-order valence-corrected chi connectivity index (χ3v) is 12.0. The molecule has 0 aliphatic heterocycles. The molecule has 0 aliphatic rings. The Morgan fingerprint density at radius 3 is 1.30 bits per heavy atom.